The number of para-hydroxylation sites is 1. The van der Waals surface area contributed by atoms with Crippen molar-refractivity contribution < 1.29 is 14.0 Å². The minimum atomic E-state index is -0.695. The Bertz CT molecular complexity index is 576. The summed E-state index contributed by atoms with van der Waals surface area (Å²) in [4.78, 5) is 23.3. The van der Waals surface area contributed by atoms with Crippen LogP contribution in [0.15, 0.2) is 47.1 Å². The molecule has 2 amide bonds. The summed E-state index contributed by atoms with van der Waals surface area (Å²) in [6.07, 6.45) is 1.51. The van der Waals surface area contributed by atoms with E-state index >= 15 is 0 Å². The highest BCUT2D eigenvalue weighted by Gasteiger charge is 2.14. The van der Waals surface area contributed by atoms with Crippen LogP contribution in [-0.4, -0.2) is 11.8 Å². The van der Waals surface area contributed by atoms with Gasteiger partial charge in [0.2, 0.25) is 0 Å². The Balaban J connectivity index is 1.89. The predicted octanol–water partition coefficient (Wildman–Crippen LogP) is 1.84. The first kappa shape index (κ1) is 12.9. The predicted molar refractivity (Wildman–Crippen MR) is 70.4 cm³/mol. The zero-order valence-electron chi connectivity index (χ0n) is 10.5. The van der Waals surface area contributed by atoms with Crippen LogP contribution in [0.25, 0.3) is 0 Å². The maximum atomic E-state index is 11.7. The Morgan fingerprint density at radius 1 is 1.11 bits per heavy atom. The standard InChI is InChI=1S/C14H14N2O3/c1-10-5-2-3-7-12(10)16-14(18)13(17)15-9-11-6-4-8-19-11/h2-8H,9H2,1H3,(H,15,17)(H,16,18). The number of carbonyl (C=O) groups is 2. The number of hydrogen-bond donors (Lipinski definition) is 2. The van der Waals surface area contributed by atoms with E-state index in [0.717, 1.165) is 5.56 Å². The first-order valence-electron chi connectivity index (χ1n) is 5.84. The molecule has 5 nitrogen and oxygen atoms in total. The van der Waals surface area contributed by atoms with Crippen LogP contribution in [0.3, 0.4) is 0 Å². The number of benzene rings is 1. The molecule has 0 bridgehead atoms. The molecule has 0 radical (unpaired) electrons. The Kier molecular flexibility index (Phi) is 3.97. The van der Waals surface area contributed by atoms with Gasteiger partial charge in [0, 0.05) is 5.69 Å². The summed E-state index contributed by atoms with van der Waals surface area (Å²) in [5.41, 5.74) is 1.52. The van der Waals surface area contributed by atoms with Crippen LogP contribution in [0, 0.1) is 6.92 Å². The number of nitrogens with one attached hydrogen (secondary N) is 2. The summed E-state index contributed by atoms with van der Waals surface area (Å²) in [6.45, 7) is 2.05. The Labute approximate surface area is 110 Å². The van der Waals surface area contributed by atoms with Gasteiger partial charge < -0.3 is 15.1 Å². The van der Waals surface area contributed by atoms with Crippen LogP contribution < -0.4 is 10.6 Å². The molecule has 0 unspecified atom stereocenters. The number of anilines is 1. The molecule has 5 heteroatoms. The van der Waals surface area contributed by atoms with Crippen LogP contribution in [0.2, 0.25) is 0 Å². The van der Waals surface area contributed by atoms with Crippen molar-refractivity contribution in [3.05, 3.63) is 54.0 Å². The maximum absolute atomic E-state index is 11.7. The second-order valence-electron chi connectivity index (χ2n) is 4.03. The monoisotopic (exact) mass is 258 g/mol. The molecule has 0 atom stereocenters. The van der Waals surface area contributed by atoms with Crippen molar-refractivity contribution in [1.29, 1.82) is 0 Å². The van der Waals surface area contributed by atoms with Gasteiger partial charge in [0.05, 0.1) is 12.8 Å². The van der Waals surface area contributed by atoms with Crippen LogP contribution in [0.4, 0.5) is 5.69 Å². The highest BCUT2D eigenvalue weighted by atomic mass is 16.3. The highest BCUT2D eigenvalue weighted by molar-refractivity contribution is 6.39. The highest BCUT2D eigenvalue weighted by Crippen LogP contribution is 2.12. The third kappa shape index (κ3) is 3.45. The van der Waals surface area contributed by atoms with Gasteiger partial charge in [0.1, 0.15) is 5.76 Å². The van der Waals surface area contributed by atoms with Gasteiger partial charge in [-0.05, 0) is 30.7 Å². The molecule has 2 rings (SSSR count). The van der Waals surface area contributed by atoms with Gasteiger partial charge in [-0.15, -0.1) is 0 Å². The smallest absolute Gasteiger partial charge is 0.313 e. The molecule has 0 saturated heterocycles. The Morgan fingerprint density at radius 2 is 1.89 bits per heavy atom. The van der Waals surface area contributed by atoms with Crippen molar-refractivity contribution in [2.75, 3.05) is 5.32 Å². The molecule has 2 N–H and O–H groups in total. The largest absolute Gasteiger partial charge is 0.467 e. The summed E-state index contributed by atoms with van der Waals surface area (Å²) in [6, 6.07) is 10.7. The van der Waals surface area contributed by atoms with Gasteiger partial charge in [-0.3, -0.25) is 9.59 Å². The van der Waals surface area contributed by atoms with Crippen molar-refractivity contribution in [3.63, 3.8) is 0 Å². The van der Waals surface area contributed by atoms with Crippen LogP contribution in [-0.2, 0) is 16.1 Å². The van der Waals surface area contributed by atoms with Gasteiger partial charge in [-0.2, -0.15) is 0 Å². The lowest BCUT2D eigenvalue weighted by molar-refractivity contribution is -0.136. The van der Waals surface area contributed by atoms with Gasteiger partial charge >= 0.3 is 11.8 Å². The zero-order chi connectivity index (χ0) is 13.7. The van der Waals surface area contributed by atoms with E-state index in [1.807, 2.05) is 19.1 Å². The molecule has 2 aromatic rings. The molecule has 1 aromatic carbocycles. The third-order valence-corrected chi connectivity index (χ3v) is 2.60. The Hall–Kier alpha value is -2.56. The molecular weight excluding hydrogens is 244 g/mol. The lowest BCUT2D eigenvalue weighted by atomic mass is 10.2. The van der Waals surface area contributed by atoms with Crippen LogP contribution in [0.5, 0.6) is 0 Å². The molecule has 19 heavy (non-hydrogen) atoms. The molecule has 0 spiro atoms. The molecule has 98 valence electrons. The fourth-order valence-corrected chi connectivity index (χ4v) is 1.55. The number of amides is 2. The fraction of sp³-hybridized carbons (Fsp3) is 0.143. The average molecular weight is 258 g/mol. The Morgan fingerprint density at radius 3 is 2.58 bits per heavy atom. The first-order valence-corrected chi connectivity index (χ1v) is 5.84. The number of furan rings is 1. The molecule has 1 aromatic heterocycles. The van der Waals surface area contributed by atoms with E-state index < -0.39 is 11.8 Å². The second-order valence-corrected chi connectivity index (χ2v) is 4.03. The topological polar surface area (TPSA) is 71.3 Å². The van der Waals surface area contributed by atoms with E-state index in [4.69, 9.17) is 4.42 Å². The van der Waals surface area contributed by atoms with Crippen LogP contribution in [0.1, 0.15) is 11.3 Å². The number of hydrogen-bond acceptors (Lipinski definition) is 3. The lowest BCUT2D eigenvalue weighted by Crippen LogP contribution is -2.35. The van der Waals surface area contributed by atoms with Gasteiger partial charge in [-0.25, -0.2) is 0 Å². The quantitative estimate of drug-likeness (QED) is 0.825. The van der Waals surface area contributed by atoms with E-state index in [1.165, 1.54) is 6.26 Å². The van der Waals surface area contributed by atoms with Crippen LogP contribution >= 0.6 is 0 Å². The molecule has 1 heterocycles. The molecule has 0 aliphatic carbocycles. The van der Waals surface area contributed by atoms with E-state index in [1.54, 1.807) is 24.3 Å². The maximum Gasteiger partial charge on any atom is 0.313 e. The third-order valence-electron chi connectivity index (χ3n) is 2.60. The van der Waals surface area contributed by atoms with Crippen molar-refractivity contribution in [3.8, 4) is 0 Å². The van der Waals surface area contributed by atoms with E-state index in [9.17, 15) is 9.59 Å². The molecule has 0 fully saturated rings. The summed E-state index contributed by atoms with van der Waals surface area (Å²) in [7, 11) is 0. The molecule has 0 saturated carbocycles. The first-order chi connectivity index (χ1) is 9.16. The van der Waals surface area contributed by atoms with E-state index in [2.05, 4.69) is 10.6 Å². The van der Waals surface area contributed by atoms with Crippen molar-refractivity contribution in [1.82, 2.24) is 5.32 Å². The number of rotatable bonds is 3. The average Bonchev–Trinajstić information content (AvgIpc) is 2.91. The second kappa shape index (κ2) is 5.86. The van der Waals surface area contributed by atoms with Gasteiger partial charge in [0.25, 0.3) is 0 Å². The van der Waals surface area contributed by atoms with Crippen molar-refractivity contribution in [2.24, 2.45) is 0 Å². The number of aryl methyl sites for hydroxylation is 1. The lowest BCUT2D eigenvalue weighted by Gasteiger charge is -2.07. The van der Waals surface area contributed by atoms with E-state index in [0.29, 0.717) is 11.4 Å². The summed E-state index contributed by atoms with van der Waals surface area (Å²) >= 11 is 0. The fourth-order valence-electron chi connectivity index (χ4n) is 1.55. The summed E-state index contributed by atoms with van der Waals surface area (Å²) in [5.74, 6) is -0.794. The zero-order valence-corrected chi connectivity index (χ0v) is 10.5. The normalized spacial score (nSPS) is 9.95. The van der Waals surface area contributed by atoms with Gasteiger partial charge in [0.15, 0.2) is 0 Å². The summed E-state index contributed by atoms with van der Waals surface area (Å²) in [5, 5.41) is 5.04. The molecule has 0 aliphatic heterocycles. The van der Waals surface area contributed by atoms with Gasteiger partial charge in [-0.1, -0.05) is 18.2 Å². The van der Waals surface area contributed by atoms with E-state index in [-0.39, 0.29) is 6.54 Å². The van der Waals surface area contributed by atoms with Crippen molar-refractivity contribution >= 4 is 17.5 Å². The SMILES string of the molecule is Cc1ccccc1NC(=O)C(=O)NCc1ccco1. The minimum Gasteiger partial charge on any atom is -0.467 e. The summed E-state index contributed by atoms with van der Waals surface area (Å²) < 4.78 is 5.05. The molecule has 0 aliphatic rings. The molecular formula is C14H14N2O3. The minimum absolute atomic E-state index is 0.188. The number of carbonyl (C=O) groups excluding carboxylic acids is 2. The van der Waals surface area contributed by atoms with Crippen molar-refractivity contribution in [2.45, 2.75) is 13.5 Å².